The number of rotatable bonds is 3. The highest BCUT2D eigenvalue weighted by molar-refractivity contribution is 9.10. The number of halogens is 2. The predicted octanol–water partition coefficient (Wildman–Crippen LogP) is 2.41. The van der Waals surface area contributed by atoms with Crippen LogP contribution in [-0.2, 0) is 14.8 Å². The lowest BCUT2D eigenvalue weighted by atomic mass is 9.95. The Morgan fingerprint density at radius 3 is 2.76 bits per heavy atom. The van der Waals surface area contributed by atoms with E-state index in [1.807, 2.05) is 13.8 Å². The fraction of sp³-hybridized carbons (Fsp3) is 0.538. The maximum absolute atomic E-state index is 13.3. The van der Waals surface area contributed by atoms with Crippen LogP contribution in [0.4, 0.5) is 10.1 Å². The van der Waals surface area contributed by atoms with Crippen molar-refractivity contribution in [2.24, 2.45) is 0 Å². The standard InChI is InChI=1S/C13H18BrFN2O3S/c1-13(2)7-8(3-4-20-13)17-21(18,19)12-5-9(14)10(15)6-11(12)16/h5-6,8,17H,3-4,7,16H2,1-2H3. The van der Waals surface area contributed by atoms with Crippen LogP contribution < -0.4 is 10.5 Å². The molecule has 3 N–H and O–H groups in total. The minimum Gasteiger partial charge on any atom is -0.398 e. The van der Waals surface area contributed by atoms with Crippen molar-refractivity contribution in [2.45, 2.75) is 43.2 Å². The van der Waals surface area contributed by atoms with Gasteiger partial charge in [0.1, 0.15) is 10.7 Å². The molecule has 1 aromatic carbocycles. The molecule has 1 unspecified atom stereocenters. The molecular weight excluding hydrogens is 363 g/mol. The number of sulfonamides is 1. The van der Waals surface area contributed by atoms with Crippen molar-refractivity contribution in [2.75, 3.05) is 12.3 Å². The summed E-state index contributed by atoms with van der Waals surface area (Å²) in [5.74, 6) is -0.598. The molecule has 2 rings (SSSR count). The van der Waals surface area contributed by atoms with Gasteiger partial charge in [0.25, 0.3) is 0 Å². The second-order valence-corrected chi connectivity index (χ2v) is 8.26. The molecule has 1 fully saturated rings. The van der Waals surface area contributed by atoms with E-state index in [0.717, 1.165) is 6.07 Å². The smallest absolute Gasteiger partial charge is 0.242 e. The molecule has 0 amide bonds. The van der Waals surface area contributed by atoms with E-state index in [-0.39, 0.29) is 26.7 Å². The minimum atomic E-state index is -3.81. The molecule has 0 aliphatic carbocycles. The fourth-order valence-corrected chi connectivity index (χ4v) is 4.30. The fourth-order valence-electron chi connectivity index (χ4n) is 2.39. The molecule has 21 heavy (non-hydrogen) atoms. The molecule has 5 nitrogen and oxygen atoms in total. The summed E-state index contributed by atoms with van der Waals surface area (Å²) < 4.78 is 46.4. The lowest BCUT2D eigenvalue weighted by Gasteiger charge is -2.35. The topological polar surface area (TPSA) is 81.4 Å². The van der Waals surface area contributed by atoms with Gasteiger partial charge < -0.3 is 10.5 Å². The van der Waals surface area contributed by atoms with Crippen molar-refractivity contribution in [1.82, 2.24) is 4.72 Å². The average Bonchev–Trinajstić information content (AvgIpc) is 2.31. The minimum absolute atomic E-state index is 0.0596. The quantitative estimate of drug-likeness (QED) is 0.788. The molecule has 1 aliphatic heterocycles. The highest BCUT2D eigenvalue weighted by Crippen LogP contribution is 2.28. The Bertz CT molecular complexity index is 649. The van der Waals surface area contributed by atoms with E-state index in [4.69, 9.17) is 10.5 Å². The third-order valence-electron chi connectivity index (χ3n) is 3.36. The largest absolute Gasteiger partial charge is 0.398 e. The van der Waals surface area contributed by atoms with Crippen molar-refractivity contribution in [1.29, 1.82) is 0 Å². The molecular formula is C13H18BrFN2O3S. The number of hydrogen-bond donors (Lipinski definition) is 2. The Balaban J connectivity index is 2.25. The third kappa shape index (κ3) is 3.94. The molecule has 118 valence electrons. The van der Waals surface area contributed by atoms with Gasteiger partial charge in [-0.3, -0.25) is 0 Å². The first kappa shape index (κ1) is 16.7. The van der Waals surface area contributed by atoms with E-state index in [9.17, 15) is 12.8 Å². The van der Waals surface area contributed by atoms with Crippen molar-refractivity contribution in [3.8, 4) is 0 Å². The SMILES string of the molecule is CC1(C)CC(NS(=O)(=O)c2cc(Br)c(F)cc2N)CCO1. The second kappa shape index (κ2) is 5.83. The van der Waals surface area contributed by atoms with Crippen molar-refractivity contribution in [3.05, 3.63) is 22.4 Å². The lowest BCUT2D eigenvalue weighted by Crippen LogP contribution is -2.45. The van der Waals surface area contributed by atoms with E-state index < -0.39 is 15.8 Å². The summed E-state index contributed by atoms with van der Waals surface area (Å²) in [7, 11) is -3.81. The molecule has 0 aromatic heterocycles. The third-order valence-corrected chi connectivity index (χ3v) is 5.55. The van der Waals surface area contributed by atoms with Crippen LogP contribution in [0.25, 0.3) is 0 Å². The zero-order chi connectivity index (χ0) is 15.8. The Morgan fingerprint density at radius 1 is 1.48 bits per heavy atom. The van der Waals surface area contributed by atoms with Gasteiger partial charge >= 0.3 is 0 Å². The summed E-state index contributed by atoms with van der Waals surface area (Å²) in [5.41, 5.74) is 5.14. The second-order valence-electron chi connectivity index (χ2n) is 5.72. The molecule has 1 atom stereocenters. The zero-order valence-electron chi connectivity index (χ0n) is 11.8. The molecule has 0 bridgehead atoms. The zero-order valence-corrected chi connectivity index (χ0v) is 14.2. The normalized spacial score (nSPS) is 22.2. The van der Waals surface area contributed by atoms with Gasteiger partial charge in [-0.2, -0.15) is 0 Å². The monoisotopic (exact) mass is 380 g/mol. The lowest BCUT2D eigenvalue weighted by molar-refractivity contribution is -0.0599. The summed E-state index contributed by atoms with van der Waals surface area (Å²) in [4.78, 5) is -0.125. The van der Waals surface area contributed by atoms with Crippen LogP contribution in [0.1, 0.15) is 26.7 Å². The molecule has 0 saturated carbocycles. The van der Waals surface area contributed by atoms with E-state index in [0.29, 0.717) is 19.4 Å². The highest BCUT2D eigenvalue weighted by atomic mass is 79.9. The first-order valence-electron chi connectivity index (χ1n) is 6.51. The highest BCUT2D eigenvalue weighted by Gasteiger charge is 2.32. The van der Waals surface area contributed by atoms with Gasteiger partial charge in [-0.15, -0.1) is 0 Å². The van der Waals surface area contributed by atoms with Crippen LogP contribution in [-0.4, -0.2) is 26.7 Å². The van der Waals surface area contributed by atoms with Crippen LogP contribution in [0.3, 0.4) is 0 Å². The van der Waals surface area contributed by atoms with E-state index in [1.54, 1.807) is 0 Å². The molecule has 0 spiro atoms. The predicted molar refractivity (Wildman–Crippen MR) is 81.9 cm³/mol. The summed E-state index contributed by atoms with van der Waals surface area (Å²) in [6, 6.07) is 1.94. The van der Waals surface area contributed by atoms with Gasteiger partial charge in [-0.1, -0.05) is 0 Å². The van der Waals surface area contributed by atoms with Crippen LogP contribution in [0.15, 0.2) is 21.5 Å². The number of benzene rings is 1. The van der Waals surface area contributed by atoms with Crippen LogP contribution >= 0.6 is 15.9 Å². The number of anilines is 1. The van der Waals surface area contributed by atoms with E-state index in [2.05, 4.69) is 20.7 Å². The number of nitrogens with one attached hydrogen (secondary N) is 1. The van der Waals surface area contributed by atoms with Gasteiger partial charge in [0.15, 0.2) is 0 Å². The molecule has 1 aliphatic rings. The van der Waals surface area contributed by atoms with Gasteiger partial charge in [0.05, 0.1) is 15.8 Å². The molecule has 1 saturated heterocycles. The maximum atomic E-state index is 13.3. The number of nitrogens with two attached hydrogens (primary N) is 1. The van der Waals surface area contributed by atoms with Gasteiger partial charge in [-0.25, -0.2) is 17.5 Å². The summed E-state index contributed by atoms with van der Waals surface area (Å²) in [6.07, 6.45) is 1.15. The van der Waals surface area contributed by atoms with Crippen LogP contribution in [0.2, 0.25) is 0 Å². The van der Waals surface area contributed by atoms with Crippen LogP contribution in [0, 0.1) is 5.82 Å². The molecule has 0 radical (unpaired) electrons. The van der Waals surface area contributed by atoms with E-state index in [1.165, 1.54) is 6.07 Å². The first-order valence-corrected chi connectivity index (χ1v) is 8.79. The van der Waals surface area contributed by atoms with Crippen molar-refractivity contribution >= 4 is 31.6 Å². The molecule has 1 aromatic rings. The van der Waals surface area contributed by atoms with Crippen molar-refractivity contribution < 1.29 is 17.5 Å². The summed E-state index contributed by atoms with van der Waals surface area (Å²) >= 11 is 2.97. The van der Waals surface area contributed by atoms with Gasteiger partial charge in [0.2, 0.25) is 10.0 Å². The number of ether oxygens (including phenoxy) is 1. The maximum Gasteiger partial charge on any atom is 0.242 e. The molecule has 8 heteroatoms. The summed E-state index contributed by atoms with van der Waals surface area (Å²) in [6.45, 7) is 4.31. The van der Waals surface area contributed by atoms with Gasteiger partial charge in [-0.05, 0) is 54.8 Å². The first-order chi connectivity index (χ1) is 9.61. The van der Waals surface area contributed by atoms with Gasteiger partial charge in [0, 0.05) is 12.6 Å². The number of hydrogen-bond acceptors (Lipinski definition) is 4. The van der Waals surface area contributed by atoms with Crippen molar-refractivity contribution in [3.63, 3.8) is 0 Å². The van der Waals surface area contributed by atoms with Crippen LogP contribution in [0.5, 0.6) is 0 Å². The Labute approximate surface area is 132 Å². The number of nitrogen functional groups attached to an aromatic ring is 1. The summed E-state index contributed by atoms with van der Waals surface area (Å²) in [5, 5.41) is 0. The van der Waals surface area contributed by atoms with E-state index >= 15 is 0 Å². The Hall–Kier alpha value is -0.700. The average molecular weight is 381 g/mol. The molecule has 1 heterocycles. The Morgan fingerprint density at radius 2 is 2.14 bits per heavy atom. The Kier molecular flexibility index (Phi) is 4.63.